The third kappa shape index (κ3) is 4.87. The number of nitrogens with one attached hydrogen (secondary N) is 1. The molecule has 5 nitrogen and oxygen atoms in total. The molecule has 0 spiro atoms. The SMILES string of the molecule is CC(C)(C)N(CCC(=O)O)C(=O)Nc1cccc(F)c1. The molecule has 0 saturated carbocycles. The van der Waals surface area contributed by atoms with Gasteiger partial charge in [-0.05, 0) is 39.0 Å². The van der Waals surface area contributed by atoms with E-state index in [1.165, 1.54) is 23.1 Å². The van der Waals surface area contributed by atoms with Crippen LogP contribution in [0.5, 0.6) is 0 Å². The van der Waals surface area contributed by atoms with Crippen molar-refractivity contribution in [1.82, 2.24) is 4.90 Å². The third-order valence-corrected chi connectivity index (χ3v) is 2.68. The Morgan fingerprint density at radius 3 is 2.50 bits per heavy atom. The molecule has 0 bridgehead atoms. The van der Waals surface area contributed by atoms with Crippen LogP contribution in [-0.2, 0) is 4.79 Å². The molecule has 6 heteroatoms. The molecule has 0 aliphatic rings. The number of nitrogens with zero attached hydrogens (tertiary/aromatic N) is 1. The number of carboxylic acids is 1. The fraction of sp³-hybridized carbons (Fsp3) is 0.429. The van der Waals surface area contributed by atoms with Crippen molar-refractivity contribution in [3.05, 3.63) is 30.1 Å². The summed E-state index contributed by atoms with van der Waals surface area (Å²) in [5, 5.41) is 11.3. The topological polar surface area (TPSA) is 69.6 Å². The van der Waals surface area contributed by atoms with Gasteiger partial charge in [0.25, 0.3) is 0 Å². The average Bonchev–Trinajstić information content (AvgIpc) is 2.26. The molecule has 0 heterocycles. The highest BCUT2D eigenvalue weighted by atomic mass is 19.1. The van der Waals surface area contributed by atoms with Crippen molar-refractivity contribution in [2.24, 2.45) is 0 Å². The molecule has 110 valence electrons. The molecular weight excluding hydrogens is 263 g/mol. The average molecular weight is 282 g/mol. The van der Waals surface area contributed by atoms with E-state index in [4.69, 9.17) is 5.11 Å². The van der Waals surface area contributed by atoms with E-state index in [1.807, 2.05) is 0 Å². The van der Waals surface area contributed by atoms with Gasteiger partial charge in [-0.25, -0.2) is 9.18 Å². The maximum atomic E-state index is 13.1. The van der Waals surface area contributed by atoms with E-state index in [0.29, 0.717) is 5.69 Å². The summed E-state index contributed by atoms with van der Waals surface area (Å²) >= 11 is 0. The van der Waals surface area contributed by atoms with Gasteiger partial charge in [0.2, 0.25) is 0 Å². The zero-order chi connectivity index (χ0) is 15.3. The second kappa shape index (κ2) is 6.36. The highest BCUT2D eigenvalue weighted by Gasteiger charge is 2.26. The molecule has 0 aliphatic heterocycles. The Kier molecular flexibility index (Phi) is 5.07. The standard InChI is InChI=1S/C14H19FN2O3/c1-14(2,3)17(8-7-12(18)19)13(20)16-11-6-4-5-10(15)9-11/h4-6,9H,7-8H2,1-3H3,(H,16,20)(H,18,19). The Morgan fingerprint density at radius 2 is 2.00 bits per heavy atom. The second-order valence-electron chi connectivity index (χ2n) is 5.41. The Morgan fingerprint density at radius 1 is 1.35 bits per heavy atom. The van der Waals surface area contributed by atoms with Crippen molar-refractivity contribution in [3.63, 3.8) is 0 Å². The first-order valence-corrected chi connectivity index (χ1v) is 6.26. The number of hydrogen-bond donors (Lipinski definition) is 2. The summed E-state index contributed by atoms with van der Waals surface area (Å²) < 4.78 is 13.1. The van der Waals surface area contributed by atoms with Crippen molar-refractivity contribution in [2.45, 2.75) is 32.7 Å². The number of rotatable bonds is 4. The van der Waals surface area contributed by atoms with Gasteiger partial charge < -0.3 is 15.3 Å². The van der Waals surface area contributed by atoms with Crippen LogP contribution in [0.15, 0.2) is 24.3 Å². The van der Waals surface area contributed by atoms with Crippen LogP contribution >= 0.6 is 0 Å². The Hall–Kier alpha value is -2.11. The lowest BCUT2D eigenvalue weighted by Crippen LogP contribution is -2.48. The molecule has 0 radical (unpaired) electrons. The zero-order valence-corrected chi connectivity index (χ0v) is 11.8. The van der Waals surface area contributed by atoms with E-state index in [1.54, 1.807) is 26.8 Å². The highest BCUT2D eigenvalue weighted by molar-refractivity contribution is 5.90. The van der Waals surface area contributed by atoms with Gasteiger partial charge in [0, 0.05) is 17.8 Å². The maximum Gasteiger partial charge on any atom is 0.322 e. The minimum Gasteiger partial charge on any atom is -0.481 e. The van der Waals surface area contributed by atoms with Crippen LogP contribution in [0, 0.1) is 5.82 Å². The van der Waals surface area contributed by atoms with Crippen molar-refractivity contribution in [1.29, 1.82) is 0 Å². The quantitative estimate of drug-likeness (QED) is 0.892. The Bertz CT molecular complexity index is 497. The molecule has 0 saturated heterocycles. The molecule has 1 aromatic rings. The number of benzene rings is 1. The summed E-state index contributed by atoms with van der Waals surface area (Å²) in [6.45, 7) is 5.50. The van der Waals surface area contributed by atoms with Gasteiger partial charge >= 0.3 is 12.0 Å². The van der Waals surface area contributed by atoms with Gasteiger partial charge in [-0.2, -0.15) is 0 Å². The smallest absolute Gasteiger partial charge is 0.322 e. The van der Waals surface area contributed by atoms with E-state index in [0.717, 1.165) is 0 Å². The number of carboxylic acid groups (broad SMARTS) is 1. The van der Waals surface area contributed by atoms with Crippen LogP contribution in [0.4, 0.5) is 14.9 Å². The summed E-state index contributed by atoms with van der Waals surface area (Å²) in [6, 6.07) is 5.09. The summed E-state index contributed by atoms with van der Waals surface area (Å²) in [6.07, 6.45) is -0.145. The van der Waals surface area contributed by atoms with Crippen molar-refractivity contribution < 1.29 is 19.1 Å². The lowest BCUT2D eigenvalue weighted by Gasteiger charge is -2.35. The molecule has 0 unspecified atom stereocenters. The van der Waals surface area contributed by atoms with Crippen LogP contribution in [0.25, 0.3) is 0 Å². The summed E-state index contributed by atoms with van der Waals surface area (Å²) in [4.78, 5) is 24.2. The molecule has 0 aliphatic carbocycles. The highest BCUT2D eigenvalue weighted by Crippen LogP contribution is 2.17. The van der Waals surface area contributed by atoms with Crippen LogP contribution in [0.2, 0.25) is 0 Å². The molecule has 0 aromatic heterocycles. The number of hydrogen-bond acceptors (Lipinski definition) is 2. The fourth-order valence-corrected chi connectivity index (χ4v) is 1.71. The van der Waals surface area contributed by atoms with Gasteiger partial charge in [0.1, 0.15) is 5.82 Å². The molecule has 1 rings (SSSR count). The predicted molar refractivity (Wildman–Crippen MR) is 74.1 cm³/mol. The molecule has 1 aromatic carbocycles. The number of carbonyl (C=O) groups excluding carboxylic acids is 1. The Labute approximate surface area is 117 Å². The summed E-state index contributed by atoms with van der Waals surface area (Å²) in [5.74, 6) is -1.42. The molecular formula is C14H19FN2O3. The second-order valence-corrected chi connectivity index (χ2v) is 5.41. The molecule has 20 heavy (non-hydrogen) atoms. The van der Waals surface area contributed by atoms with E-state index < -0.39 is 23.4 Å². The summed E-state index contributed by atoms with van der Waals surface area (Å²) in [5.41, 5.74) is -0.202. The van der Waals surface area contributed by atoms with Crippen LogP contribution in [0.3, 0.4) is 0 Å². The number of amides is 2. The van der Waals surface area contributed by atoms with Gasteiger partial charge in [-0.15, -0.1) is 0 Å². The van der Waals surface area contributed by atoms with E-state index >= 15 is 0 Å². The van der Waals surface area contributed by atoms with Crippen molar-refractivity contribution in [2.75, 3.05) is 11.9 Å². The van der Waals surface area contributed by atoms with E-state index in [9.17, 15) is 14.0 Å². The van der Waals surface area contributed by atoms with Gasteiger partial charge in [0.15, 0.2) is 0 Å². The van der Waals surface area contributed by atoms with Crippen LogP contribution < -0.4 is 5.32 Å². The van der Waals surface area contributed by atoms with Gasteiger partial charge in [0.05, 0.1) is 6.42 Å². The lowest BCUT2D eigenvalue weighted by atomic mass is 10.1. The number of anilines is 1. The first-order chi connectivity index (χ1) is 9.20. The maximum absolute atomic E-state index is 13.1. The Balaban J connectivity index is 2.80. The number of aliphatic carboxylic acids is 1. The molecule has 2 amide bonds. The molecule has 2 N–H and O–H groups in total. The minimum atomic E-state index is -0.974. The van der Waals surface area contributed by atoms with E-state index in [2.05, 4.69) is 5.32 Å². The largest absolute Gasteiger partial charge is 0.481 e. The minimum absolute atomic E-state index is 0.0833. The number of halogens is 1. The predicted octanol–water partition coefficient (Wildman–Crippen LogP) is 2.93. The van der Waals surface area contributed by atoms with Crippen LogP contribution in [-0.4, -0.2) is 34.1 Å². The first kappa shape index (κ1) is 15.9. The molecule has 0 fully saturated rings. The van der Waals surface area contributed by atoms with Gasteiger partial charge in [-0.3, -0.25) is 4.79 Å². The van der Waals surface area contributed by atoms with Crippen molar-refractivity contribution >= 4 is 17.7 Å². The number of carbonyl (C=O) groups is 2. The fourth-order valence-electron chi connectivity index (χ4n) is 1.71. The van der Waals surface area contributed by atoms with Gasteiger partial charge in [-0.1, -0.05) is 6.07 Å². The lowest BCUT2D eigenvalue weighted by molar-refractivity contribution is -0.137. The monoisotopic (exact) mass is 282 g/mol. The third-order valence-electron chi connectivity index (χ3n) is 2.68. The first-order valence-electron chi connectivity index (χ1n) is 6.26. The number of urea groups is 1. The molecule has 0 atom stereocenters. The van der Waals surface area contributed by atoms with E-state index in [-0.39, 0.29) is 13.0 Å². The van der Waals surface area contributed by atoms with Crippen LogP contribution in [0.1, 0.15) is 27.2 Å². The zero-order valence-electron chi connectivity index (χ0n) is 11.8. The normalized spacial score (nSPS) is 11.0. The van der Waals surface area contributed by atoms with Crippen molar-refractivity contribution in [3.8, 4) is 0 Å². The summed E-state index contributed by atoms with van der Waals surface area (Å²) in [7, 11) is 0.